The summed E-state index contributed by atoms with van der Waals surface area (Å²) in [6, 6.07) is 0. The Balaban J connectivity index is -0.0000000267. The first-order valence-corrected chi connectivity index (χ1v) is 7.59. The van der Waals surface area contributed by atoms with Gasteiger partial charge in [-0.1, -0.05) is 0 Å². The first-order valence-electron chi connectivity index (χ1n) is 0.730. The summed E-state index contributed by atoms with van der Waals surface area (Å²) in [7, 11) is 7.40. The summed E-state index contributed by atoms with van der Waals surface area (Å²) in [6.45, 7) is 0. The van der Waals surface area contributed by atoms with Gasteiger partial charge in [0.25, 0.3) is 0 Å². The van der Waals surface area contributed by atoms with Gasteiger partial charge in [0, 0.05) is 0 Å². The van der Waals surface area contributed by atoms with Crippen molar-refractivity contribution in [2.24, 2.45) is 0 Å². The van der Waals surface area contributed by atoms with Gasteiger partial charge in [-0.3, -0.25) is 0 Å². The topological polar surface area (TPSA) is 46.1 Å². The maximum absolute atomic E-state index is 9.35. The van der Waals surface area contributed by atoms with Crippen LogP contribution in [0.2, 0.25) is 0 Å². The molecule has 0 aliphatic heterocycles. The fraction of sp³-hybridized carbons (Fsp3) is 0. The third-order valence-electron chi connectivity index (χ3n) is 0. The first kappa shape index (κ1) is 22.7. The van der Waals surface area contributed by atoms with E-state index in [0.717, 1.165) is 0 Å². The van der Waals surface area contributed by atoms with E-state index < -0.39 is 11.4 Å². The van der Waals surface area contributed by atoms with Crippen LogP contribution < -0.4 is 96.9 Å². The van der Waals surface area contributed by atoms with Gasteiger partial charge in [-0.25, -0.2) is 0 Å². The Morgan fingerprint density at radius 1 is 1.12 bits per heavy atom. The Labute approximate surface area is 126 Å². The molecule has 0 aromatic heterocycles. The van der Waals surface area contributed by atoms with E-state index in [2.05, 4.69) is 21.3 Å². The van der Waals surface area contributed by atoms with Gasteiger partial charge in [-0.2, -0.15) is 0 Å². The Morgan fingerprint density at radius 3 is 1.12 bits per heavy atom. The van der Waals surface area contributed by atoms with E-state index >= 15 is 0 Å². The van der Waals surface area contributed by atoms with E-state index in [1.807, 2.05) is 0 Å². The Kier molecular flexibility index (Phi) is 31.4. The molecule has 0 bridgehead atoms. The van der Waals surface area contributed by atoms with Crippen molar-refractivity contribution in [1.29, 1.82) is 0 Å². The summed E-state index contributed by atoms with van der Waals surface area (Å²) < 4.78 is 18.7. The molecular formula is AsNa3O2S2. The van der Waals surface area contributed by atoms with E-state index in [4.69, 9.17) is 0 Å². The van der Waals surface area contributed by atoms with Gasteiger partial charge < -0.3 is 0 Å². The zero-order valence-electron chi connectivity index (χ0n) is 5.08. The second-order valence-corrected chi connectivity index (χ2v) is 8.52. The van der Waals surface area contributed by atoms with Crippen molar-refractivity contribution >= 4 is 32.7 Å². The fourth-order valence-electron chi connectivity index (χ4n) is 0. The minimum absolute atomic E-state index is 0. The molecule has 0 aliphatic rings. The van der Waals surface area contributed by atoms with Crippen LogP contribution in [0.4, 0.5) is 0 Å². The van der Waals surface area contributed by atoms with Crippen molar-refractivity contribution in [2.75, 3.05) is 0 Å². The molecule has 0 saturated carbocycles. The summed E-state index contributed by atoms with van der Waals surface area (Å²) in [5.74, 6) is 0. The van der Waals surface area contributed by atoms with Crippen LogP contribution in [0.1, 0.15) is 0 Å². The predicted molar refractivity (Wildman–Crippen MR) is 20.7 cm³/mol. The summed E-state index contributed by atoms with van der Waals surface area (Å²) in [5.41, 5.74) is 0. The SMILES string of the molecule is [Na+].[Na+].[Na+].[O-][As]([O-])(=S)[S-]. The van der Waals surface area contributed by atoms with Crippen LogP contribution in [0.3, 0.4) is 0 Å². The molecule has 0 aliphatic carbocycles. The third-order valence-corrected chi connectivity index (χ3v) is 0. The molecule has 0 amide bonds. The van der Waals surface area contributed by atoms with Crippen molar-refractivity contribution in [2.45, 2.75) is 0 Å². The van der Waals surface area contributed by atoms with E-state index in [1.165, 1.54) is 0 Å². The number of hydrogen-bond donors (Lipinski definition) is 0. The third kappa shape index (κ3) is 50.2. The van der Waals surface area contributed by atoms with Gasteiger partial charge in [-0.05, 0) is 0 Å². The van der Waals surface area contributed by atoms with Crippen LogP contribution in [-0.2, 0) is 10.9 Å². The second kappa shape index (κ2) is 11.0. The molecule has 0 atom stereocenters. The summed E-state index contributed by atoms with van der Waals surface area (Å²) in [5, 5.41) is 0. The van der Waals surface area contributed by atoms with Crippen molar-refractivity contribution in [3.05, 3.63) is 0 Å². The Morgan fingerprint density at radius 2 is 1.12 bits per heavy atom. The molecule has 0 aromatic carbocycles. The van der Waals surface area contributed by atoms with Gasteiger partial charge in [-0.15, -0.1) is 0 Å². The first-order chi connectivity index (χ1) is 2.00. The fourth-order valence-corrected chi connectivity index (χ4v) is 0. The quantitative estimate of drug-likeness (QED) is 0.311. The van der Waals surface area contributed by atoms with E-state index in [9.17, 15) is 8.19 Å². The van der Waals surface area contributed by atoms with Crippen molar-refractivity contribution in [3.63, 3.8) is 0 Å². The monoisotopic (exact) mass is 240 g/mol. The zero-order chi connectivity index (χ0) is 4.50. The molecule has 0 spiro atoms. The second-order valence-electron chi connectivity index (χ2n) is 0.447. The van der Waals surface area contributed by atoms with Gasteiger partial charge in [0.1, 0.15) is 0 Å². The number of rotatable bonds is 0. The summed E-state index contributed by atoms with van der Waals surface area (Å²) in [4.78, 5) is 0. The van der Waals surface area contributed by atoms with E-state index in [0.29, 0.717) is 0 Å². The van der Waals surface area contributed by atoms with Gasteiger partial charge in [0.05, 0.1) is 0 Å². The standard InChI is InChI=1S/AsH3O2S2.3Na/c2-1(3,4)5;;;/h(H3,2,3,4,5);;;/q;3*+1/p-3. The van der Waals surface area contributed by atoms with Gasteiger partial charge in [0.2, 0.25) is 0 Å². The molecule has 0 saturated heterocycles. The van der Waals surface area contributed by atoms with Crippen LogP contribution in [0.5, 0.6) is 0 Å². The predicted octanol–water partition coefficient (Wildman–Crippen LogP) is -11.1. The molecule has 0 heterocycles. The molecule has 0 radical (unpaired) electrons. The molecule has 0 N–H and O–H groups in total. The van der Waals surface area contributed by atoms with Crippen LogP contribution in [0, 0.1) is 0 Å². The normalized spacial score (nSPS) is 7.38. The van der Waals surface area contributed by atoms with Gasteiger partial charge >= 0.3 is 130 Å². The molecule has 0 fully saturated rings. The van der Waals surface area contributed by atoms with Crippen molar-refractivity contribution in [3.8, 4) is 0 Å². The molecule has 2 nitrogen and oxygen atoms in total. The average molecular weight is 240 g/mol. The molecule has 32 valence electrons. The van der Waals surface area contributed by atoms with E-state index in [-0.39, 0.29) is 88.7 Å². The molecule has 0 rings (SSSR count). The van der Waals surface area contributed by atoms with E-state index in [1.54, 1.807) is 0 Å². The summed E-state index contributed by atoms with van der Waals surface area (Å²) in [6.07, 6.45) is 0. The molecule has 0 unspecified atom stereocenters. The zero-order valence-corrected chi connectivity index (χ0v) is 14.6. The summed E-state index contributed by atoms with van der Waals surface area (Å²) >= 11 is -4.21. The molecule has 8 heteroatoms. The van der Waals surface area contributed by atoms with Crippen LogP contribution in [-0.4, -0.2) is 11.4 Å². The van der Waals surface area contributed by atoms with Crippen LogP contribution in [0.15, 0.2) is 0 Å². The Hall–Kier alpha value is 4.05. The van der Waals surface area contributed by atoms with Gasteiger partial charge in [0.15, 0.2) is 0 Å². The molecule has 8 heavy (non-hydrogen) atoms. The maximum atomic E-state index is 9.35. The Bertz CT molecular complexity index is 61.4. The van der Waals surface area contributed by atoms with Crippen LogP contribution >= 0.6 is 10.4 Å². The van der Waals surface area contributed by atoms with Crippen LogP contribution in [0.25, 0.3) is 0 Å². The van der Waals surface area contributed by atoms with Crippen molar-refractivity contribution < 1.29 is 96.9 Å². The average Bonchev–Trinajstić information content (AvgIpc) is 0.722. The number of hydrogen-bond acceptors (Lipinski definition) is 4. The molecule has 0 aromatic rings. The van der Waals surface area contributed by atoms with Crippen molar-refractivity contribution in [1.82, 2.24) is 0 Å². The minimum atomic E-state index is -4.21. The molecular weight excluding hydrogens is 240 g/mol.